The van der Waals surface area contributed by atoms with Gasteiger partial charge in [-0.3, -0.25) is 4.79 Å². The minimum atomic E-state index is -1.55. The summed E-state index contributed by atoms with van der Waals surface area (Å²) in [7, 11) is 0. The molecular weight excluding hydrogens is 829 g/mol. The Labute approximate surface area is 402 Å². The first-order valence-electron chi connectivity index (χ1n) is 26.3. The summed E-state index contributed by atoms with van der Waals surface area (Å²) in [6.45, 7) is 4.34. The molecule has 0 aliphatic carbocycles. The minimum Gasteiger partial charge on any atom is -0.457 e. The molecule has 0 radical (unpaired) electrons. The summed E-state index contributed by atoms with van der Waals surface area (Å²) in [5.74, 6) is -0.333. The van der Waals surface area contributed by atoms with Crippen molar-refractivity contribution in [2.24, 2.45) is 0 Å². The fourth-order valence-corrected chi connectivity index (χ4v) is 7.41. The van der Waals surface area contributed by atoms with Crippen molar-refractivity contribution in [1.82, 2.24) is 0 Å². The van der Waals surface area contributed by atoms with E-state index in [4.69, 9.17) is 18.9 Å². The summed E-state index contributed by atoms with van der Waals surface area (Å²) in [5.41, 5.74) is 0. The van der Waals surface area contributed by atoms with E-state index in [-0.39, 0.29) is 19.2 Å². The Morgan fingerprint density at radius 1 is 0.500 bits per heavy atom. The van der Waals surface area contributed by atoms with Crippen LogP contribution in [0, 0.1) is 0 Å². The molecule has 1 heterocycles. The van der Waals surface area contributed by atoms with Gasteiger partial charge in [-0.25, -0.2) is 0 Å². The first-order chi connectivity index (χ1) is 32.4. The molecule has 6 atom stereocenters. The van der Waals surface area contributed by atoms with Crippen molar-refractivity contribution in [2.75, 3.05) is 26.4 Å². The summed E-state index contributed by atoms with van der Waals surface area (Å²) < 4.78 is 22.9. The van der Waals surface area contributed by atoms with Crippen LogP contribution in [0.4, 0.5) is 0 Å². The number of aliphatic hydroxyl groups is 4. The number of rotatable bonds is 44. The maximum absolute atomic E-state index is 12.9. The lowest BCUT2D eigenvalue weighted by molar-refractivity contribution is -0.305. The van der Waals surface area contributed by atoms with E-state index in [1.807, 2.05) is 0 Å². The van der Waals surface area contributed by atoms with Crippen LogP contribution in [0.3, 0.4) is 0 Å². The molecule has 1 aliphatic rings. The number of aliphatic hydroxyl groups excluding tert-OH is 4. The molecule has 1 fully saturated rings. The third kappa shape index (κ3) is 37.1. The first kappa shape index (κ1) is 61.1. The normalized spacial score (nSPS) is 20.1. The van der Waals surface area contributed by atoms with Crippen molar-refractivity contribution in [2.45, 2.75) is 230 Å². The smallest absolute Gasteiger partial charge is 0.306 e. The Morgan fingerprint density at radius 3 is 1.39 bits per heavy atom. The Hall–Kier alpha value is -2.89. The number of carbonyl (C=O) groups is 1. The molecule has 4 N–H and O–H groups in total. The van der Waals surface area contributed by atoms with Gasteiger partial charge in [0.05, 0.1) is 19.8 Å². The van der Waals surface area contributed by atoms with Crippen molar-refractivity contribution in [3.63, 3.8) is 0 Å². The maximum atomic E-state index is 12.9. The summed E-state index contributed by atoms with van der Waals surface area (Å²) >= 11 is 0. The quantitative estimate of drug-likeness (QED) is 0.0268. The average molecular weight is 925 g/mol. The van der Waals surface area contributed by atoms with Crippen LogP contribution < -0.4 is 0 Å². The number of allylic oxidation sites excluding steroid dienone is 16. The number of ether oxygens (including phenoxy) is 4. The van der Waals surface area contributed by atoms with E-state index in [2.05, 4.69) is 111 Å². The zero-order valence-electron chi connectivity index (χ0n) is 41.7. The highest BCUT2D eigenvalue weighted by Crippen LogP contribution is 2.22. The van der Waals surface area contributed by atoms with Gasteiger partial charge in [-0.1, -0.05) is 188 Å². The summed E-state index contributed by atoms with van der Waals surface area (Å²) in [6, 6.07) is 0. The van der Waals surface area contributed by atoms with E-state index in [0.717, 1.165) is 89.9 Å². The highest BCUT2D eigenvalue weighted by Gasteiger charge is 2.44. The summed E-state index contributed by atoms with van der Waals surface area (Å²) in [5, 5.41) is 40.3. The van der Waals surface area contributed by atoms with E-state index < -0.39 is 43.4 Å². The molecule has 9 nitrogen and oxygen atoms in total. The summed E-state index contributed by atoms with van der Waals surface area (Å²) in [4.78, 5) is 12.9. The minimum absolute atomic E-state index is 0.114. The second-order valence-corrected chi connectivity index (χ2v) is 17.6. The Kier molecular flexibility index (Phi) is 43.7. The average Bonchev–Trinajstić information content (AvgIpc) is 3.32. The molecule has 1 rings (SSSR count). The van der Waals surface area contributed by atoms with Crippen molar-refractivity contribution < 1.29 is 44.2 Å². The fraction of sp³-hybridized carbons (Fsp3) is 0.702. The maximum Gasteiger partial charge on any atom is 0.306 e. The molecule has 0 amide bonds. The van der Waals surface area contributed by atoms with Gasteiger partial charge in [0.25, 0.3) is 0 Å². The first-order valence-corrected chi connectivity index (χ1v) is 26.3. The molecule has 0 aromatic carbocycles. The molecule has 9 heteroatoms. The van der Waals surface area contributed by atoms with Gasteiger partial charge in [0, 0.05) is 13.0 Å². The van der Waals surface area contributed by atoms with Gasteiger partial charge in [0.1, 0.15) is 30.5 Å². The van der Waals surface area contributed by atoms with Crippen LogP contribution in [0.5, 0.6) is 0 Å². The molecule has 1 saturated heterocycles. The predicted molar refractivity (Wildman–Crippen MR) is 274 cm³/mol. The van der Waals surface area contributed by atoms with Crippen LogP contribution in [0.1, 0.15) is 194 Å². The third-order valence-corrected chi connectivity index (χ3v) is 11.5. The van der Waals surface area contributed by atoms with E-state index in [0.29, 0.717) is 13.0 Å². The zero-order valence-corrected chi connectivity index (χ0v) is 41.7. The van der Waals surface area contributed by atoms with Gasteiger partial charge in [-0.05, 0) is 96.3 Å². The Bertz CT molecular complexity index is 1330. The fourth-order valence-electron chi connectivity index (χ4n) is 7.41. The highest BCUT2D eigenvalue weighted by molar-refractivity contribution is 5.69. The van der Waals surface area contributed by atoms with Crippen molar-refractivity contribution >= 4 is 5.97 Å². The molecule has 6 unspecified atom stereocenters. The van der Waals surface area contributed by atoms with E-state index >= 15 is 0 Å². The van der Waals surface area contributed by atoms with Gasteiger partial charge in [-0.2, -0.15) is 0 Å². The SMILES string of the molecule is CC/C=C\C/C=C\C/C=C\C/C=C\C/C=C\C/C=C\CCCCCOCC(COC1OC(CO)C(O)C(O)C1O)OC(=O)CCCCCCCCCCC/C=C\C/C=C\CCCCCCC. The van der Waals surface area contributed by atoms with E-state index in [9.17, 15) is 25.2 Å². The molecule has 0 bridgehead atoms. The number of hydrogen-bond donors (Lipinski definition) is 4. The zero-order chi connectivity index (χ0) is 47.8. The van der Waals surface area contributed by atoms with Crippen LogP contribution in [0.15, 0.2) is 97.2 Å². The van der Waals surface area contributed by atoms with Crippen LogP contribution >= 0.6 is 0 Å². The van der Waals surface area contributed by atoms with Gasteiger partial charge < -0.3 is 39.4 Å². The molecule has 1 aliphatic heterocycles. The van der Waals surface area contributed by atoms with E-state index in [1.165, 1.54) is 83.5 Å². The lowest BCUT2D eigenvalue weighted by Crippen LogP contribution is -2.59. The Balaban J connectivity index is 2.25. The summed E-state index contributed by atoms with van der Waals surface area (Å²) in [6.07, 6.45) is 58.7. The lowest BCUT2D eigenvalue weighted by atomic mass is 9.99. The van der Waals surface area contributed by atoms with Crippen LogP contribution in [-0.2, 0) is 23.7 Å². The van der Waals surface area contributed by atoms with Gasteiger partial charge in [-0.15, -0.1) is 0 Å². The predicted octanol–water partition coefficient (Wildman–Crippen LogP) is 13.1. The number of unbranched alkanes of at least 4 members (excludes halogenated alkanes) is 17. The van der Waals surface area contributed by atoms with Crippen LogP contribution in [-0.4, -0.2) is 89.6 Å². The molecule has 0 aromatic heterocycles. The largest absolute Gasteiger partial charge is 0.457 e. The number of hydrogen-bond acceptors (Lipinski definition) is 9. The number of carbonyl (C=O) groups excluding carboxylic acids is 1. The van der Waals surface area contributed by atoms with Crippen LogP contribution in [0.25, 0.3) is 0 Å². The van der Waals surface area contributed by atoms with Crippen LogP contribution in [0.2, 0.25) is 0 Å². The lowest BCUT2D eigenvalue weighted by Gasteiger charge is -2.39. The molecular formula is C57H96O9. The van der Waals surface area contributed by atoms with Gasteiger partial charge in [0.2, 0.25) is 0 Å². The topological polar surface area (TPSA) is 135 Å². The third-order valence-electron chi connectivity index (χ3n) is 11.5. The molecule has 0 aromatic rings. The van der Waals surface area contributed by atoms with Gasteiger partial charge in [0.15, 0.2) is 6.29 Å². The molecule has 0 saturated carbocycles. The van der Waals surface area contributed by atoms with Crippen molar-refractivity contribution in [3.05, 3.63) is 97.2 Å². The molecule has 378 valence electrons. The molecule has 0 spiro atoms. The molecule has 66 heavy (non-hydrogen) atoms. The second-order valence-electron chi connectivity index (χ2n) is 17.6. The Morgan fingerprint density at radius 2 is 0.924 bits per heavy atom. The second kappa shape index (κ2) is 47.2. The monoisotopic (exact) mass is 925 g/mol. The van der Waals surface area contributed by atoms with E-state index in [1.54, 1.807) is 0 Å². The number of esters is 1. The standard InChI is InChI=1S/C57H96O9/c1-3-5-7-9-11-13-15-17-19-21-23-25-27-29-31-33-35-37-39-41-43-45-47-63-49-51(50-64-57-56(62)55(61)54(60)52(48-58)66-57)65-53(59)46-44-42-40-38-36-34-32-30-28-26-24-22-20-18-16-14-12-10-8-6-4-2/h5,7,11,13,16-19,22-25,29,31,35,37,51-52,54-58,60-62H,3-4,6,8-10,12,14-15,20-21,26-28,30,32-34,36,38-50H2,1-2H3/b7-5-,13-11-,18-16-,19-17-,24-22-,25-23-,31-29-,37-35-. The van der Waals surface area contributed by atoms with Crippen molar-refractivity contribution in [3.8, 4) is 0 Å². The van der Waals surface area contributed by atoms with Gasteiger partial charge >= 0.3 is 5.97 Å². The highest BCUT2D eigenvalue weighted by atomic mass is 16.7. The van der Waals surface area contributed by atoms with Crippen molar-refractivity contribution in [1.29, 1.82) is 0 Å².